The Morgan fingerprint density at radius 1 is 1.11 bits per heavy atom. The van der Waals surface area contributed by atoms with Crippen molar-refractivity contribution in [3.63, 3.8) is 0 Å². The highest BCUT2D eigenvalue weighted by Crippen LogP contribution is 2.27. The SMILES string of the molecule is NCCN(C1CCCCC1)S(=O)(=O)c1ccccc1. The third kappa shape index (κ3) is 3.35. The first-order chi connectivity index (χ1) is 9.16. The summed E-state index contributed by atoms with van der Waals surface area (Å²) in [7, 11) is -3.41. The molecule has 4 nitrogen and oxygen atoms in total. The Morgan fingerprint density at radius 2 is 1.74 bits per heavy atom. The minimum Gasteiger partial charge on any atom is -0.329 e. The number of benzene rings is 1. The van der Waals surface area contributed by atoms with Crippen molar-refractivity contribution in [2.24, 2.45) is 5.73 Å². The molecule has 19 heavy (non-hydrogen) atoms. The van der Waals surface area contributed by atoms with Gasteiger partial charge in [0.2, 0.25) is 10.0 Å². The summed E-state index contributed by atoms with van der Waals surface area (Å²) in [5.41, 5.74) is 5.60. The Bertz CT molecular complexity index is 481. The van der Waals surface area contributed by atoms with Crippen molar-refractivity contribution in [3.05, 3.63) is 30.3 Å². The number of nitrogens with zero attached hydrogens (tertiary/aromatic N) is 1. The molecule has 1 aliphatic carbocycles. The van der Waals surface area contributed by atoms with E-state index in [1.54, 1.807) is 28.6 Å². The van der Waals surface area contributed by atoms with E-state index in [4.69, 9.17) is 5.73 Å². The fourth-order valence-electron chi connectivity index (χ4n) is 2.72. The van der Waals surface area contributed by atoms with Gasteiger partial charge in [0, 0.05) is 19.1 Å². The molecule has 1 fully saturated rings. The van der Waals surface area contributed by atoms with Crippen molar-refractivity contribution in [2.45, 2.75) is 43.0 Å². The van der Waals surface area contributed by atoms with Gasteiger partial charge in [-0.05, 0) is 25.0 Å². The van der Waals surface area contributed by atoms with E-state index in [0.29, 0.717) is 18.0 Å². The molecule has 0 bridgehead atoms. The summed E-state index contributed by atoms with van der Waals surface area (Å²) < 4.78 is 27.0. The van der Waals surface area contributed by atoms with Gasteiger partial charge in [-0.15, -0.1) is 0 Å². The van der Waals surface area contributed by atoms with Gasteiger partial charge in [-0.3, -0.25) is 0 Å². The Balaban J connectivity index is 2.27. The Morgan fingerprint density at radius 3 is 2.32 bits per heavy atom. The molecular formula is C14H22N2O2S. The Hall–Kier alpha value is -0.910. The lowest BCUT2D eigenvalue weighted by Gasteiger charge is -2.33. The zero-order valence-corrected chi connectivity index (χ0v) is 12.0. The lowest BCUT2D eigenvalue weighted by atomic mass is 9.95. The predicted molar refractivity (Wildman–Crippen MR) is 76.3 cm³/mol. The summed E-state index contributed by atoms with van der Waals surface area (Å²) in [6, 6.07) is 8.77. The second-order valence-corrected chi connectivity index (χ2v) is 6.90. The van der Waals surface area contributed by atoms with Crippen molar-refractivity contribution in [2.75, 3.05) is 13.1 Å². The van der Waals surface area contributed by atoms with Crippen LogP contribution in [0.1, 0.15) is 32.1 Å². The van der Waals surface area contributed by atoms with E-state index >= 15 is 0 Å². The molecule has 1 aromatic carbocycles. The quantitative estimate of drug-likeness (QED) is 0.898. The third-order valence-electron chi connectivity index (χ3n) is 3.68. The predicted octanol–water partition coefficient (Wildman–Crippen LogP) is 1.97. The zero-order chi connectivity index (χ0) is 13.7. The van der Waals surface area contributed by atoms with Crippen molar-refractivity contribution in [1.82, 2.24) is 4.31 Å². The number of nitrogens with two attached hydrogens (primary N) is 1. The fourth-order valence-corrected chi connectivity index (χ4v) is 4.44. The van der Waals surface area contributed by atoms with Crippen LogP contribution >= 0.6 is 0 Å². The summed E-state index contributed by atoms with van der Waals surface area (Å²) in [6.07, 6.45) is 5.32. The van der Waals surface area contributed by atoms with E-state index in [9.17, 15) is 8.42 Å². The number of sulfonamides is 1. The third-order valence-corrected chi connectivity index (χ3v) is 5.65. The highest BCUT2D eigenvalue weighted by molar-refractivity contribution is 7.89. The average molecular weight is 282 g/mol. The van der Waals surface area contributed by atoms with Crippen LogP contribution in [0.3, 0.4) is 0 Å². The monoisotopic (exact) mass is 282 g/mol. The first kappa shape index (κ1) is 14.5. The summed E-state index contributed by atoms with van der Waals surface area (Å²) in [5, 5.41) is 0. The van der Waals surface area contributed by atoms with Crippen molar-refractivity contribution in [3.8, 4) is 0 Å². The molecule has 0 amide bonds. The molecule has 2 rings (SSSR count). The standard InChI is InChI=1S/C14H22N2O2S/c15-11-12-16(13-7-3-1-4-8-13)19(17,18)14-9-5-2-6-10-14/h2,5-6,9-10,13H,1,3-4,7-8,11-12,15H2. The van der Waals surface area contributed by atoms with Crippen LogP contribution in [-0.2, 0) is 10.0 Å². The fraction of sp³-hybridized carbons (Fsp3) is 0.571. The van der Waals surface area contributed by atoms with Crippen LogP contribution in [0.15, 0.2) is 35.2 Å². The van der Waals surface area contributed by atoms with E-state index in [1.165, 1.54) is 6.42 Å². The first-order valence-corrected chi connectivity index (χ1v) is 8.37. The van der Waals surface area contributed by atoms with Crippen LogP contribution in [-0.4, -0.2) is 31.9 Å². The van der Waals surface area contributed by atoms with E-state index in [2.05, 4.69) is 0 Å². The number of hydrogen-bond donors (Lipinski definition) is 1. The molecule has 0 heterocycles. The van der Waals surface area contributed by atoms with Gasteiger partial charge in [0.25, 0.3) is 0 Å². The van der Waals surface area contributed by atoms with Crippen LogP contribution in [0.4, 0.5) is 0 Å². The van der Waals surface area contributed by atoms with Crippen LogP contribution in [0.25, 0.3) is 0 Å². The largest absolute Gasteiger partial charge is 0.329 e. The van der Waals surface area contributed by atoms with Crippen molar-refractivity contribution in [1.29, 1.82) is 0 Å². The smallest absolute Gasteiger partial charge is 0.243 e. The highest BCUT2D eigenvalue weighted by atomic mass is 32.2. The summed E-state index contributed by atoms with van der Waals surface area (Å²) in [4.78, 5) is 0.369. The van der Waals surface area contributed by atoms with Gasteiger partial charge in [0.05, 0.1) is 4.90 Å². The van der Waals surface area contributed by atoms with Crippen LogP contribution in [0, 0.1) is 0 Å². The topological polar surface area (TPSA) is 63.4 Å². The molecule has 0 aromatic heterocycles. The van der Waals surface area contributed by atoms with Crippen molar-refractivity contribution < 1.29 is 8.42 Å². The maximum Gasteiger partial charge on any atom is 0.243 e. The molecule has 0 radical (unpaired) electrons. The maximum absolute atomic E-state index is 12.7. The van der Waals surface area contributed by atoms with Gasteiger partial charge < -0.3 is 5.73 Å². The maximum atomic E-state index is 12.7. The minimum atomic E-state index is -3.41. The van der Waals surface area contributed by atoms with Gasteiger partial charge in [0.1, 0.15) is 0 Å². The van der Waals surface area contributed by atoms with E-state index in [-0.39, 0.29) is 6.04 Å². The van der Waals surface area contributed by atoms with Crippen LogP contribution in [0.5, 0.6) is 0 Å². The van der Waals surface area contributed by atoms with Crippen LogP contribution in [0.2, 0.25) is 0 Å². The summed E-state index contributed by atoms with van der Waals surface area (Å²) >= 11 is 0. The minimum absolute atomic E-state index is 0.113. The molecule has 0 aliphatic heterocycles. The Labute approximate surface area is 115 Å². The molecule has 5 heteroatoms. The van der Waals surface area contributed by atoms with Crippen LogP contribution < -0.4 is 5.73 Å². The highest BCUT2D eigenvalue weighted by Gasteiger charge is 2.31. The molecule has 1 aromatic rings. The van der Waals surface area contributed by atoms with E-state index < -0.39 is 10.0 Å². The molecule has 0 saturated heterocycles. The molecule has 0 atom stereocenters. The van der Waals surface area contributed by atoms with Gasteiger partial charge in [0.15, 0.2) is 0 Å². The lowest BCUT2D eigenvalue weighted by Crippen LogP contribution is -2.44. The van der Waals surface area contributed by atoms with E-state index in [0.717, 1.165) is 25.7 Å². The molecule has 1 saturated carbocycles. The molecular weight excluding hydrogens is 260 g/mol. The molecule has 1 aliphatic rings. The van der Waals surface area contributed by atoms with Gasteiger partial charge in [-0.1, -0.05) is 37.5 Å². The molecule has 0 unspecified atom stereocenters. The second kappa shape index (κ2) is 6.50. The van der Waals surface area contributed by atoms with Gasteiger partial charge in [-0.25, -0.2) is 8.42 Å². The number of rotatable bonds is 5. The first-order valence-electron chi connectivity index (χ1n) is 6.93. The summed E-state index contributed by atoms with van der Waals surface area (Å²) in [5.74, 6) is 0. The molecule has 106 valence electrons. The molecule has 2 N–H and O–H groups in total. The van der Waals surface area contributed by atoms with Gasteiger partial charge in [-0.2, -0.15) is 4.31 Å². The molecule has 0 spiro atoms. The number of hydrogen-bond acceptors (Lipinski definition) is 3. The second-order valence-electron chi connectivity index (χ2n) is 5.01. The normalized spacial score (nSPS) is 17.8. The van der Waals surface area contributed by atoms with Crippen molar-refractivity contribution >= 4 is 10.0 Å². The summed E-state index contributed by atoms with van der Waals surface area (Å²) in [6.45, 7) is 0.768. The van der Waals surface area contributed by atoms with Gasteiger partial charge >= 0.3 is 0 Å². The lowest BCUT2D eigenvalue weighted by molar-refractivity contribution is 0.257. The zero-order valence-electron chi connectivity index (χ0n) is 11.2. The average Bonchev–Trinajstić information content (AvgIpc) is 2.46. The van der Waals surface area contributed by atoms with E-state index in [1.807, 2.05) is 6.07 Å². The Kier molecular flexibility index (Phi) is 4.96.